The molecule has 0 aliphatic carbocycles. The fraction of sp³-hybridized carbons (Fsp3) is 0.444. The number of allylic oxidation sites excluding steroid dienone is 3. The number of amidine groups is 1. The van der Waals surface area contributed by atoms with E-state index in [9.17, 15) is 0 Å². The number of nitrogens with one attached hydrogen (secondary N) is 1. The lowest BCUT2D eigenvalue weighted by atomic mass is 10.0. The zero-order valence-corrected chi connectivity index (χ0v) is 27.8. The molecular formula is C36H59N3. The summed E-state index contributed by atoms with van der Waals surface area (Å²) in [7, 11) is 1.77. The van der Waals surface area contributed by atoms with E-state index in [1.165, 1.54) is 22.3 Å². The zero-order valence-electron chi connectivity index (χ0n) is 27.8. The molecule has 1 N–H and O–H groups in total. The fourth-order valence-electron chi connectivity index (χ4n) is 2.90. The molecule has 218 valence electrons. The van der Waals surface area contributed by atoms with Gasteiger partial charge in [0.1, 0.15) is 5.84 Å². The molecule has 0 saturated heterocycles. The molecule has 0 radical (unpaired) electrons. The van der Waals surface area contributed by atoms with Crippen LogP contribution < -0.4 is 5.32 Å². The Hall–Kier alpha value is -3.20. The third-order valence-corrected chi connectivity index (χ3v) is 5.00. The summed E-state index contributed by atoms with van der Waals surface area (Å²) in [4.78, 5) is 8.21. The molecule has 0 aliphatic rings. The Bertz CT molecular complexity index is 996. The van der Waals surface area contributed by atoms with Gasteiger partial charge in [0.2, 0.25) is 0 Å². The van der Waals surface area contributed by atoms with Crippen molar-refractivity contribution in [1.29, 1.82) is 0 Å². The van der Waals surface area contributed by atoms with Gasteiger partial charge in [0.15, 0.2) is 0 Å². The van der Waals surface area contributed by atoms with Gasteiger partial charge in [-0.15, -0.1) is 0 Å². The minimum Gasteiger partial charge on any atom is -0.341 e. The Morgan fingerprint density at radius 2 is 1.44 bits per heavy atom. The monoisotopic (exact) mass is 533 g/mol. The van der Waals surface area contributed by atoms with Crippen LogP contribution in [0.4, 0.5) is 5.69 Å². The minimum absolute atomic E-state index is 0.852. The minimum atomic E-state index is 0.852. The number of benzene rings is 2. The molecule has 0 fully saturated rings. The van der Waals surface area contributed by atoms with Gasteiger partial charge < -0.3 is 5.32 Å². The standard InChI is InChI=1S/C14H18N2.C11H16.C7H13N.2C2H6/c1-5-6-14(15-4)16-13-9-7-12(8-10-13)11(2)3;1-4-10-7-6-9(3)11(5-2)8-10;1-6(2)5-8-7(3)4;2*1-2/h5-10H,2H2,1,3-4H3,(H,15,16);6-8H,4-5H2,1-3H3;5H,1-4H3;2*1-2H3/b6-5-;;;;. The number of rotatable bonds is 6. The van der Waals surface area contributed by atoms with E-state index in [0.29, 0.717) is 0 Å². The zero-order chi connectivity index (χ0) is 30.8. The smallest absolute Gasteiger partial charge is 0.124 e. The van der Waals surface area contributed by atoms with Crippen molar-refractivity contribution in [2.24, 2.45) is 9.98 Å². The fourth-order valence-corrected chi connectivity index (χ4v) is 2.90. The van der Waals surface area contributed by atoms with Crippen LogP contribution in [-0.2, 0) is 12.8 Å². The Labute approximate surface area is 243 Å². The molecule has 3 nitrogen and oxygen atoms in total. The molecule has 2 aromatic rings. The predicted molar refractivity (Wildman–Crippen MR) is 184 cm³/mol. The highest BCUT2D eigenvalue weighted by Crippen LogP contribution is 2.15. The van der Waals surface area contributed by atoms with Gasteiger partial charge in [0, 0.05) is 24.6 Å². The quantitative estimate of drug-likeness (QED) is 0.291. The summed E-state index contributed by atoms with van der Waals surface area (Å²) in [5.41, 5.74) is 9.97. The van der Waals surface area contributed by atoms with Gasteiger partial charge in [-0.2, -0.15) is 0 Å². The van der Waals surface area contributed by atoms with E-state index in [1.54, 1.807) is 7.05 Å². The molecule has 0 saturated carbocycles. The lowest BCUT2D eigenvalue weighted by Gasteiger charge is -2.06. The number of aliphatic imine (C=N–C) groups is 2. The van der Waals surface area contributed by atoms with Crippen LogP contribution in [0.15, 0.2) is 83.0 Å². The summed E-state index contributed by atoms with van der Waals surface area (Å²) in [6.07, 6.45) is 8.06. The van der Waals surface area contributed by atoms with Gasteiger partial charge in [0.05, 0.1) is 0 Å². The van der Waals surface area contributed by atoms with Crippen LogP contribution in [-0.4, -0.2) is 18.6 Å². The Kier molecular flexibility index (Phi) is 27.3. The van der Waals surface area contributed by atoms with E-state index in [1.807, 2.05) is 112 Å². The van der Waals surface area contributed by atoms with E-state index in [4.69, 9.17) is 0 Å². The lowest BCUT2D eigenvalue weighted by molar-refractivity contribution is 1.07. The van der Waals surface area contributed by atoms with Gasteiger partial charge in [-0.3, -0.25) is 9.98 Å². The first kappa shape index (κ1) is 40.3. The number of aryl methyl sites for hydroxylation is 3. The molecule has 3 heteroatoms. The third kappa shape index (κ3) is 21.4. The van der Waals surface area contributed by atoms with Crippen LogP contribution >= 0.6 is 0 Å². The van der Waals surface area contributed by atoms with Gasteiger partial charge in [-0.25, -0.2) is 0 Å². The highest BCUT2D eigenvalue weighted by Gasteiger charge is 1.97. The molecule has 0 amide bonds. The SMILES string of the molecule is C=C(C)c1ccc(NC(/C=C\C)=NC)cc1.CC.CC.CC(C)=CN=C(C)C.CCc1ccc(C)c(CC)c1. The summed E-state index contributed by atoms with van der Waals surface area (Å²) in [6, 6.07) is 14.9. The summed E-state index contributed by atoms with van der Waals surface area (Å²) >= 11 is 0. The molecule has 0 atom stereocenters. The predicted octanol–water partition coefficient (Wildman–Crippen LogP) is 11.3. The second-order valence-electron chi connectivity index (χ2n) is 8.84. The molecule has 0 heterocycles. The van der Waals surface area contributed by atoms with E-state index >= 15 is 0 Å². The maximum Gasteiger partial charge on any atom is 0.124 e. The summed E-state index contributed by atoms with van der Waals surface area (Å²) in [5.74, 6) is 0.852. The topological polar surface area (TPSA) is 36.8 Å². The van der Waals surface area contributed by atoms with Crippen molar-refractivity contribution in [2.45, 2.75) is 103 Å². The first-order valence-electron chi connectivity index (χ1n) is 14.4. The van der Waals surface area contributed by atoms with Gasteiger partial charge in [0.25, 0.3) is 0 Å². The molecule has 0 spiro atoms. The third-order valence-electron chi connectivity index (χ3n) is 5.00. The van der Waals surface area contributed by atoms with Crippen LogP contribution in [0.3, 0.4) is 0 Å². The van der Waals surface area contributed by atoms with Crippen LogP contribution in [0.25, 0.3) is 5.57 Å². The number of hydrogen-bond acceptors (Lipinski definition) is 2. The van der Waals surface area contributed by atoms with Gasteiger partial charge in [-0.05, 0) is 102 Å². The van der Waals surface area contributed by atoms with Crippen LogP contribution in [0, 0.1) is 6.92 Å². The highest BCUT2D eigenvalue weighted by atomic mass is 15.0. The van der Waals surface area contributed by atoms with Crippen LogP contribution in [0.2, 0.25) is 0 Å². The summed E-state index contributed by atoms with van der Waals surface area (Å²) < 4.78 is 0. The second-order valence-corrected chi connectivity index (χ2v) is 8.84. The van der Waals surface area contributed by atoms with Gasteiger partial charge >= 0.3 is 0 Å². The van der Waals surface area contributed by atoms with Crippen LogP contribution in [0.1, 0.15) is 105 Å². The molecule has 2 aromatic carbocycles. The largest absolute Gasteiger partial charge is 0.341 e. The normalized spacial score (nSPS) is 9.64. The van der Waals surface area contributed by atoms with Crippen molar-refractivity contribution < 1.29 is 0 Å². The Balaban J connectivity index is -0.000000493. The lowest BCUT2D eigenvalue weighted by Crippen LogP contribution is -2.08. The van der Waals surface area contributed by atoms with Crippen molar-refractivity contribution in [1.82, 2.24) is 0 Å². The molecule has 0 unspecified atom stereocenters. The van der Waals surface area contributed by atoms with E-state index in [2.05, 4.69) is 60.9 Å². The van der Waals surface area contributed by atoms with E-state index < -0.39 is 0 Å². The maximum atomic E-state index is 4.13. The Morgan fingerprint density at radius 3 is 1.79 bits per heavy atom. The van der Waals surface area contributed by atoms with Crippen molar-refractivity contribution in [2.75, 3.05) is 12.4 Å². The first-order valence-corrected chi connectivity index (χ1v) is 14.4. The molecule has 2 rings (SSSR count). The van der Waals surface area contributed by atoms with Crippen LogP contribution in [0.5, 0.6) is 0 Å². The number of nitrogens with zero attached hydrogens (tertiary/aromatic N) is 2. The van der Waals surface area contributed by atoms with Crippen molar-refractivity contribution in [3.8, 4) is 0 Å². The number of hydrogen-bond donors (Lipinski definition) is 1. The molecule has 39 heavy (non-hydrogen) atoms. The average molecular weight is 534 g/mol. The maximum absolute atomic E-state index is 4.13. The summed E-state index contributed by atoms with van der Waals surface area (Å²) in [6.45, 7) is 30.5. The first-order chi connectivity index (χ1) is 18.6. The van der Waals surface area contributed by atoms with Crippen molar-refractivity contribution in [3.63, 3.8) is 0 Å². The molecule has 0 bridgehead atoms. The number of anilines is 1. The van der Waals surface area contributed by atoms with Crippen molar-refractivity contribution in [3.05, 3.63) is 95.2 Å². The average Bonchev–Trinajstić information content (AvgIpc) is 2.95. The molecule has 0 aromatic heterocycles. The molecule has 0 aliphatic heterocycles. The van der Waals surface area contributed by atoms with Crippen molar-refractivity contribution >= 4 is 22.8 Å². The Morgan fingerprint density at radius 1 is 0.872 bits per heavy atom. The highest BCUT2D eigenvalue weighted by molar-refractivity contribution is 6.03. The van der Waals surface area contributed by atoms with E-state index in [0.717, 1.165) is 41.2 Å². The van der Waals surface area contributed by atoms with E-state index in [-0.39, 0.29) is 0 Å². The van der Waals surface area contributed by atoms with Gasteiger partial charge in [-0.1, -0.05) is 95.7 Å². The second kappa shape index (κ2) is 26.4. The summed E-state index contributed by atoms with van der Waals surface area (Å²) in [5, 5.41) is 3.23. The molecular weight excluding hydrogens is 474 g/mol.